The van der Waals surface area contributed by atoms with E-state index in [1.807, 2.05) is 20.8 Å². The fraction of sp³-hybridized carbons (Fsp3) is 0.846. The summed E-state index contributed by atoms with van der Waals surface area (Å²) in [6.07, 6.45) is 0.548. The first kappa shape index (κ1) is 15.8. The van der Waals surface area contributed by atoms with Crippen molar-refractivity contribution < 1.29 is 19.1 Å². The van der Waals surface area contributed by atoms with Crippen molar-refractivity contribution in [1.82, 2.24) is 4.90 Å². The van der Waals surface area contributed by atoms with Crippen LogP contribution in [0.5, 0.6) is 0 Å². The molecule has 6 heteroatoms. The molecule has 2 N–H and O–H groups in total. The fourth-order valence-corrected chi connectivity index (χ4v) is 2.06. The molecule has 0 bridgehead atoms. The number of nitrogens with zero attached hydrogens (tertiary/aromatic N) is 1. The Morgan fingerprint density at radius 3 is 2.53 bits per heavy atom. The van der Waals surface area contributed by atoms with Crippen LogP contribution in [0, 0.1) is 5.92 Å². The molecule has 1 heterocycles. The second-order valence-electron chi connectivity index (χ2n) is 5.92. The molecule has 0 aromatic carbocycles. The van der Waals surface area contributed by atoms with Gasteiger partial charge in [-0.15, -0.1) is 0 Å². The predicted octanol–water partition coefficient (Wildman–Crippen LogP) is 1.13. The quantitative estimate of drug-likeness (QED) is 0.762. The Morgan fingerprint density at radius 1 is 1.37 bits per heavy atom. The van der Waals surface area contributed by atoms with E-state index in [0.29, 0.717) is 19.5 Å². The normalized spacial score (nSPS) is 23.9. The van der Waals surface area contributed by atoms with Crippen molar-refractivity contribution in [2.75, 3.05) is 20.2 Å². The molecule has 1 rings (SSSR count). The van der Waals surface area contributed by atoms with Crippen molar-refractivity contribution in [2.24, 2.45) is 11.7 Å². The first-order chi connectivity index (χ1) is 8.73. The van der Waals surface area contributed by atoms with E-state index in [9.17, 15) is 9.59 Å². The lowest BCUT2D eigenvalue weighted by Crippen LogP contribution is -2.50. The number of hydrogen-bond donors (Lipinski definition) is 1. The van der Waals surface area contributed by atoms with Crippen LogP contribution in [-0.2, 0) is 14.3 Å². The van der Waals surface area contributed by atoms with Crippen LogP contribution in [0.2, 0.25) is 0 Å². The number of methoxy groups -OCH3 is 1. The minimum atomic E-state index is -0.519. The minimum absolute atomic E-state index is 0.0753. The number of likely N-dealkylation sites (tertiary alicyclic amines) is 1. The Kier molecular flexibility index (Phi) is 5.17. The molecule has 0 aromatic heterocycles. The van der Waals surface area contributed by atoms with Crippen LogP contribution in [0.1, 0.15) is 33.6 Å². The smallest absolute Gasteiger partial charge is 0.410 e. The molecule has 2 atom stereocenters. The average Bonchev–Trinajstić information content (AvgIpc) is 2.29. The molecule has 1 amide bonds. The number of ether oxygens (including phenoxy) is 2. The second kappa shape index (κ2) is 6.23. The molecule has 0 radical (unpaired) electrons. The Hall–Kier alpha value is -1.30. The van der Waals surface area contributed by atoms with Gasteiger partial charge in [0, 0.05) is 25.0 Å². The highest BCUT2D eigenvalue weighted by molar-refractivity contribution is 5.70. The van der Waals surface area contributed by atoms with E-state index in [1.165, 1.54) is 7.11 Å². The van der Waals surface area contributed by atoms with Gasteiger partial charge < -0.3 is 20.1 Å². The molecule has 6 nitrogen and oxygen atoms in total. The van der Waals surface area contributed by atoms with Gasteiger partial charge in [0.2, 0.25) is 0 Å². The Morgan fingerprint density at radius 2 is 2.00 bits per heavy atom. The van der Waals surface area contributed by atoms with Gasteiger partial charge in [-0.3, -0.25) is 4.79 Å². The summed E-state index contributed by atoms with van der Waals surface area (Å²) in [7, 11) is 1.35. The van der Waals surface area contributed by atoms with Crippen molar-refractivity contribution >= 4 is 12.1 Å². The molecule has 0 aromatic rings. The molecule has 0 spiro atoms. The lowest BCUT2D eigenvalue weighted by molar-refractivity contribution is -0.142. The van der Waals surface area contributed by atoms with Gasteiger partial charge in [-0.2, -0.15) is 0 Å². The summed E-state index contributed by atoms with van der Waals surface area (Å²) in [5.74, 6) is -0.375. The Bertz CT molecular complexity index is 338. The maximum absolute atomic E-state index is 12.0. The van der Waals surface area contributed by atoms with Crippen LogP contribution in [0.4, 0.5) is 4.79 Å². The molecule has 0 saturated carbocycles. The summed E-state index contributed by atoms with van der Waals surface area (Å²) in [5.41, 5.74) is 5.47. The largest absolute Gasteiger partial charge is 0.469 e. The first-order valence-electron chi connectivity index (χ1n) is 6.53. The zero-order chi connectivity index (χ0) is 14.6. The third-order valence-electron chi connectivity index (χ3n) is 3.10. The van der Waals surface area contributed by atoms with Gasteiger partial charge >= 0.3 is 12.1 Å². The van der Waals surface area contributed by atoms with Crippen molar-refractivity contribution in [3.8, 4) is 0 Å². The van der Waals surface area contributed by atoms with Crippen LogP contribution >= 0.6 is 0 Å². The number of carbonyl (C=O) groups excluding carboxylic acids is 2. The number of carbonyl (C=O) groups is 2. The van der Waals surface area contributed by atoms with Gasteiger partial charge in [-0.25, -0.2) is 4.79 Å². The Balaban J connectivity index is 2.58. The topological polar surface area (TPSA) is 81.9 Å². The van der Waals surface area contributed by atoms with Crippen LogP contribution < -0.4 is 5.73 Å². The molecule has 110 valence electrons. The van der Waals surface area contributed by atoms with Gasteiger partial charge in [-0.1, -0.05) is 0 Å². The summed E-state index contributed by atoms with van der Waals surface area (Å²) >= 11 is 0. The van der Waals surface area contributed by atoms with Crippen LogP contribution in [0.15, 0.2) is 0 Å². The van der Waals surface area contributed by atoms with Crippen LogP contribution in [0.25, 0.3) is 0 Å². The van der Waals surface area contributed by atoms with E-state index in [-0.39, 0.29) is 30.4 Å². The summed E-state index contributed by atoms with van der Waals surface area (Å²) < 4.78 is 9.97. The molecule has 1 aliphatic heterocycles. The van der Waals surface area contributed by atoms with Gasteiger partial charge in [0.1, 0.15) is 5.60 Å². The van der Waals surface area contributed by atoms with E-state index in [1.54, 1.807) is 4.90 Å². The molecule has 1 fully saturated rings. The highest BCUT2D eigenvalue weighted by Gasteiger charge is 2.33. The van der Waals surface area contributed by atoms with Crippen LogP contribution in [0.3, 0.4) is 0 Å². The average molecular weight is 272 g/mol. The number of piperidine rings is 1. The lowest BCUT2D eigenvalue weighted by Gasteiger charge is -2.37. The number of hydrogen-bond acceptors (Lipinski definition) is 5. The van der Waals surface area contributed by atoms with E-state index >= 15 is 0 Å². The standard InChI is InChI=1S/C13H24N2O4/c1-13(2,3)19-12(17)15-6-5-10(14)9(8-15)7-11(16)18-4/h9-10H,5-8,14H2,1-4H3/t9?,10-/m0/s1. The highest BCUT2D eigenvalue weighted by Crippen LogP contribution is 2.21. The molecule has 1 aliphatic rings. The maximum Gasteiger partial charge on any atom is 0.410 e. The summed E-state index contributed by atoms with van der Waals surface area (Å²) in [6.45, 7) is 6.48. The van der Waals surface area contributed by atoms with Crippen molar-refractivity contribution in [2.45, 2.75) is 45.3 Å². The van der Waals surface area contributed by atoms with E-state index in [2.05, 4.69) is 4.74 Å². The maximum atomic E-state index is 12.0. The number of amides is 1. The van der Waals surface area contributed by atoms with E-state index in [0.717, 1.165) is 0 Å². The van der Waals surface area contributed by atoms with Crippen molar-refractivity contribution in [3.05, 3.63) is 0 Å². The fourth-order valence-electron chi connectivity index (χ4n) is 2.06. The molecular weight excluding hydrogens is 248 g/mol. The van der Waals surface area contributed by atoms with Gasteiger partial charge in [0.15, 0.2) is 0 Å². The number of rotatable bonds is 2. The van der Waals surface area contributed by atoms with Gasteiger partial charge in [-0.05, 0) is 27.2 Å². The molecule has 19 heavy (non-hydrogen) atoms. The monoisotopic (exact) mass is 272 g/mol. The third kappa shape index (κ3) is 5.06. The highest BCUT2D eigenvalue weighted by atomic mass is 16.6. The third-order valence-corrected chi connectivity index (χ3v) is 3.10. The van der Waals surface area contributed by atoms with Crippen molar-refractivity contribution in [1.29, 1.82) is 0 Å². The lowest BCUT2D eigenvalue weighted by atomic mass is 9.90. The van der Waals surface area contributed by atoms with Gasteiger partial charge in [0.25, 0.3) is 0 Å². The van der Waals surface area contributed by atoms with Crippen molar-refractivity contribution in [3.63, 3.8) is 0 Å². The zero-order valence-electron chi connectivity index (χ0n) is 12.1. The zero-order valence-corrected chi connectivity index (χ0v) is 12.1. The van der Waals surface area contributed by atoms with E-state index < -0.39 is 5.60 Å². The SMILES string of the molecule is COC(=O)CC1CN(C(=O)OC(C)(C)C)CC[C@@H]1N. The summed E-state index contributed by atoms with van der Waals surface area (Å²) in [6, 6.07) is -0.0854. The molecule has 0 aliphatic carbocycles. The first-order valence-corrected chi connectivity index (χ1v) is 6.53. The second-order valence-corrected chi connectivity index (χ2v) is 5.92. The molecule has 1 saturated heterocycles. The number of nitrogens with two attached hydrogens (primary N) is 1. The predicted molar refractivity (Wildman–Crippen MR) is 70.5 cm³/mol. The van der Waals surface area contributed by atoms with E-state index in [4.69, 9.17) is 10.5 Å². The van der Waals surface area contributed by atoms with Crippen LogP contribution in [-0.4, -0.2) is 48.8 Å². The summed E-state index contributed by atoms with van der Waals surface area (Å²) in [4.78, 5) is 24.9. The Labute approximate surface area is 114 Å². The molecular formula is C13H24N2O4. The van der Waals surface area contributed by atoms with Gasteiger partial charge in [0.05, 0.1) is 13.5 Å². The molecule has 1 unspecified atom stereocenters. The number of esters is 1. The minimum Gasteiger partial charge on any atom is -0.469 e. The summed E-state index contributed by atoms with van der Waals surface area (Å²) in [5, 5.41) is 0.